The van der Waals surface area contributed by atoms with E-state index in [-0.39, 0.29) is 11.9 Å². The van der Waals surface area contributed by atoms with Gasteiger partial charge in [0.1, 0.15) is 11.6 Å². The SMILES string of the molecule is C[C@@H](Oc1cccc(F)c1)C(=O)N[C@@H](c1ccncc1)c1cccs1. The van der Waals surface area contributed by atoms with E-state index < -0.39 is 11.9 Å². The molecule has 25 heavy (non-hydrogen) atoms. The predicted octanol–water partition coefficient (Wildman–Crippen LogP) is 3.96. The predicted molar refractivity (Wildman–Crippen MR) is 95.0 cm³/mol. The number of aromatic nitrogens is 1. The molecule has 0 saturated carbocycles. The maximum Gasteiger partial charge on any atom is 0.261 e. The van der Waals surface area contributed by atoms with Crippen LogP contribution in [-0.4, -0.2) is 17.0 Å². The molecule has 4 nitrogen and oxygen atoms in total. The first-order valence-electron chi connectivity index (χ1n) is 7.79. The van der Waals surface area contributed by atoms with Crippen molar-refractivity contribution in [2.75, 3.05) is 0 Å². The molecule has 3 rings (SSSR count). The van der Waals surface area contributed by atoms with Crippen molar-refractivity contribution in [3.63, 3.8) is 0 Å². The van der Waals surface area contributed by atoms with Gasteiger partial charge in [-0.25, -0.2) is 4.39 Å². The Kier molecular flexibility index (Phi) is 5.40. The number of rotatable bonds is 6. The van der Waals surface area contributed by atoms with E-state index >= 15 is 0 Å². The van der Waals surface area contributed by atoms with Crippen LogP contribution in [0, 0.1) is 5.82 Å². The maximum atomic E-state index is 13.3. The minimum atomic E-state index is -0.758. The molecule has 3 aromatic rings. The Bertz CT molecular complexity index is 824. The number of nitrogens with zero attached hydrogens (tertiary/aromatic N) is 1. The summed E-state index contributed by atoms with van der Waals surface area (Å²) < 4.78 is 18.8. The number of ether oxygens (including phenoxy) is 1. The first-order chi connectivity index (χ1) is 12.1. The average Bonchev–Trinajstić information content (AvgIpc) is 3.14. The third kappa shape index (κ3) is 4.42. The molecule has 1 aromatic carbocycles. The molecule has 1 N–H and O–H groups in total. The highest BCUT2D eigenvalue weighted by Crippen LogP contribution is 2.26. The Morgan fingerprint density at radius 2 is 2.00 bits per heavy atom. The van der Waals surface area contributed by atoms with Crippen LogP contribution in [0.3, 0.4) is 0 Å². The van der Waals surface area contributed by atoms with Crippen LogP contribution in [0.4, 0.5) is 4.39 Å². The molecule has 2 atom stereocenters. The van der Waals surface area contributed by atoms with Gasteiger partial charge >= 0.3 is 0 Å². The average molecular weight is 356 g/mol. The molecule has 1 amide bonds. The third-order valence-electron chi connectivity index (χ3n) is 3.63. The number of halogens is 1. The fourth-order valence-electron chi connectivity index (χ4n) is 2.39. The van der Waals surface area contributed by atoms with Crippen molar-refractivity contribution in [3.8, 4) is 5.75 Å². The van der Waals surface area contributed by atoms with Crippen LogP contribution in [0.5, 0.6) is 5.75 Å². The summed E-state index contributed by atoms with van der Waals surface area (Å²) in [7, 11) is 0. The van der Waals surface area contributed by atoms with Crippen molar-refractivity contribution >= 4 is 17.2 Å². The summed E-state index contributed by atoms with van der Waals surface area (Å²) in [5.41, 5.74) is 0.934. The lowest BCUT2D eigenvalue weighted by Gasteiger charge is -2.21. The Balaban J connectivity index is 1.74. The fraction of sp³-hybridized carbons (Fsp3) is 0.158. The maximum absolute atomic E-state index is 13.3. The zero-order valence-electron chi connectivity index (χ0n) is 13.6. The third-order valence-corrected chi connectivity index (χ3v) is 4.57. The Morgan fingerprint density at radius 3 is 2.68 bits per heavy atom. The summed E-state index contributed by atoms with van der Waals surface area (Å²) in [6, 6.07) is 13.1. The van der Waals surface area contributed by atoms with Crippen LogP contribution in [0.2, 0.25) is 0 Å². The number of pyridine rings is 1. The van der Waals surface area contributed by atoms with Crippen LogP contribution >= 0.6 is 11.3 Å². The Labute approximate surface area is 149 Å². The number of carbonyl (C=O) groups excluding carboxylic acids is 1. The van der Waals surface area contributed by atoms with Crippen molar-refractivity contribution < 1.29 is 13.9 Å². The minimum Gasteiger partial charge on any atom is -0.481 e. The molecule has 0 aliphatic rings. The number of thiophene rings is 1. The first-order valence-corrected chi connectivity index (χ1v) is 8.67. The summed E-state index contributed by atoms with van der Waals surface area (Å²) in [6.45, 7) is 1.64. The van der Waals surface area contributed by atoms with E-state index in [1.54, 1.807) is 42.8 Å². The molecular weight excluding hydrogens is 339 g/mol. The molecule has 0 aliphatic carbocycles. The second-order valence-corrected chi connectivity index (χ2v) is 6.43. The van der Waals surface area contributed by atoms with Crippen molar-refractivity contribution in [1.29, 1.82) is 0 Å². The summed E-state index contributed by atoms with van der Waals surface area (Å²) in [5, 5.41) is 4.96. The van der Waals surface area contributed by atoms with E-state index in [1.807, 2.05) is 29.6 Å². The molecule has 0 aliphatic heterocycles. The summed E-state index contributed by atoms with van der Waals surface area (Å²) in [6.07, 6.45) is 2.62. The molecule has 6 heteroatoms. The Morgan fingerprint density at radius 1 is 1.20 bits per heavy atom. The van der Waals surface area contributed by atoms with Crippen LogP contribution in [0.1, 0.15) is 23.4 Å². The van der Waals surface area contributed by atoms with E-state index in [2.05, 4.69) is 10.3 Å². The van der Waals surface area contributed by atoms with E-state index in [0.717, 1.165) is 10.4 Å². The molecule has 0 fully saturated rings. The van der Waals surface area contributed by atoms with E-state index in [1.165, 1.54) is 12.1 Å². The standard InChI is InChI=1S/C19H17FN2O2S/c1-13(24-16-5-2-4-15(20)12-16)19(23)22-18(17-6-3-11-25-17)14-7-9-21-10-8-14/h2-13,18H,1H3,(H,22,23)/t13-,18+/m1/s1. The zero-order valence-corrected chi connectivity index (χ0v) is 14.4. The molecule has 0 spiro atoms. The quantitative estimate of drug-likeness (QED) is 0.727. The molecule has 2 heterocycles. The van der Waals surface area contributed by atoms with Gasteiger partial charge in [-0.1, -0.05) is 12.1 Å². The van der Waals surface area contributed by atoms with Crippen molar-refractivity contribution in [2.24, 2.45) is 0 Å². The highest BCUT2D eigenvalue weighted by molar-refractivity contribution is 7.10. The molecular formula is C19H17FN2O2S. The molecule has 128 valence electrons. The second-order valence-electron chi connectivity index (χ2n) is 5.46. The monoisotopic (exact) mass is 356 g/mol. The second kappa shape index (κ2) is 7.90. The highest BCUT2D eigenvalue weighted by atomic mass is 32.1. The zero-order chi connectivity index (χ0) is 17.6. The smallest absolute Gasteiger partial charge is 0.261 e. The largest absolute Gasteiger partial charge is 0.481 e. The number of hydrogen-bond acceptors (Lipinski definition) is 4. The molecule has 2 aromatic heterocycles. The summed E-state index contributed by atoms with van der Waals surface area (Å²) in [4.78, 5) is 17.6. The topological polar surface area (TPSA) is 51.2 Å². The number of benzene rings is 1. The molecule has 0 unspecified atom stereocenters. The molecule has 0 bridgehead atoms. The van der Waals surface area contributed by atoms with Crippen LogP contribution < -0.4 is 10.1 Å². The van der Waals surface area contributed by atoms with Crippen LogP contribution in [0.25, 0.3) is 0 Å². The van der Waals surface area contributed by atoms with Gasteiger partial charge in [-0.15, -0.1) is 11.3 Å². The lowest BCUT2D eigenvalue weighted by molar-refractivity contribution is -0.127. The number of amides is 1. The first kappa shape index (κ1) is 17.1. The van der Waals surface area contributed by atoms with Gasteiger partial charge in [-0.05, 0) is 48.2 Å². The van der Waals surface area contributed by atoms with Crippen molar-refractivity contribution in [3.05, 3.63) is 82.6 Å². The normalized spacial score (nSPS) is 13.0. The lowest BCUT2D eigenvalue weighted by Crippen LogP contribution is -2.38. The summed E-state index contributed by atoms with van der Waals surface area (Å²) >= 11 is 1.56. The van der Waals surface area contributed by atoms with Crippen LogP contribution in [0.15, 0.2) is 66.3 Å². The summed E-state index contributed by atoms with van der Waals surface area (Å²) in [5.74, 6) is -0.364. The fourth-order valence-corrected chi connectivity index (χ4v) is 3.19. The van der Waals surface area contributed by atoms with Crippen molar-refractivity contribution in [1.82, 2.24) is 10.3 Å². The number of hydrogen-bond donors (Lipinski definition) is 1. The lowest BCUT2D eigenvalue weighted by atomic mass is 10.1. The Hall–Kier alpha value is -2.73. The van der Waals surface area contributed by atoms with Gasteiger partial charge in [0, 0.05) is 23.3 Å². The van der Waals surface area contributed by atoms with Gasteiger partial charge in [0.25, 0.3) is 5.91 Å². The van der Waals surface area contributed by atoms with E-state index in [4.69, 9.17) is 4.74 Å². The van der Waals surface area contributed by atoms with E-state index in [9.17, 15) is 9.18 Å². The van der Waals surface area contributed by atoms with Gasteiger partial charge in [-0.2, -0.15) is 0 Å². The number of nitrogens with one attached hydrogen (secondary N) is 1. The van der Waals surface area contributed by atoms with Gasteiger partial charge in [0.2, 0.25) is 0 Å². The number of carbonyl (C=O) groups is 1. The van der Waals surface area contributed by atoms with Crippen LogP contribution in [-0.2, 0) is 4.79 Å². The molecule has 0 radical (unpaired) electrons. The van der Waals surface area contributed by atoms with Gasteiger partial charge in [-0.3, -0.25) is 9.78 Å². The van der Waals surface area contributed by atoms with Gasteiger partial charge in [0.05, 0.1) is 6.04 Å². The van der Waals surface area contributed by atoms with Gasteiger partial charge in [0.15, 0.2) is 6.10 Å². The molecule has 0 saturated heterocycles. The highest BCUT2D eigenvalue weighted by Gasteiger charge is 2.22. The van der Waals surface area contributed by atoms with Crippen molar-refractivity contribution in [2.45, 2.75) is 19.1 Å². The van der Waals surface area contributed by atoms with E-state index in [0.29, 0.717) is 5.75 Å². The minimum absolute atomic E-state index is 0.278. The van der Waals surface area contributed by atoms with Gasteiger partial charge < -0.3 is 10.1 Å².